The van der Waals surface area contributed by atoms with Gasteiger partial charge in [0.25, 0.3) is 0 Å². The molecule has 1 aliphatic heterocycles. The first-order valence-electron chi connectivity index (χ1n) is 9.48. The summed E-state index contributed by atoms with van der Waals surface area (Å²) in [6.07, 6.45) is 4.27. The van der Waals surface area contributed by atoms with Gasteiger partial charge in [-0.1, -0.05) is 42.7 Å². The van der Waals surface area contributed by atoms with Crippen LogP contribution in [0.5, 0.6) is 11.5 Å². The number of benzene rings is 2. The predicted molar refractivity (Wildman–Crippen MR) is 108 cm³/mol. The topological polar surface area (TPSA) is 50.8 Å². The quantitative estimate of drug-likeness (QED) is 0.811. The van der Waals surface area contributed by atoms with Crippen molar-refractivity contribution in [3.8, 4) is 11.5 Å². The molecule has 0 aromatic heterocycles. The van der Waals surface area contributed by atoms with Crippen LogP contribution in [-0.4, -0.2) is 31.7 Å². The summed E-state index contributed by atoms with van der Waals surface area (Å²) in [4.78, 5) is 15.1. The van der Waals surface area contributed by atoms with Crippen molar-refractivity contribution >= 4 is 11.7 Å². The zero-order valence-electron chi connectivity index (χ0n) is 16.3. The number of nitrogens with one attached hydrogen (secondary N) is 1. The molecular weight excluding hydrogens is 340 g/mol. The molecule has 1 N–H and O–H groups in total. The fourth-order valence-corrected chi connectivity index (χ4v) is 3.59. The van der Waals surface area contributed by atoms with Gasteiger partial charge in [0.2, 0.25) is 0 Å². The molecule has 0 radical (unpaired) electrons. The van der Waals surface area contributed by atoms with E-state index < -0.39 is 0 Å². The average molecular weight is 368 g/mol. The molecule has 0 aliphatic carbocycles. The number of carbonyl (C=O) groups excluding carboxylic acids is 1. The number of hydrogen-bond acceptors (Lipinski definition) is 3. The number of urea groups is 1. The summed E-state index contributed by atoms with van der Waals surface area (Å²) in [7, 11) is 3.20. The highest BCUT2D eigenvalue weighted by Gasteiger charge is 2.27. The number of anilines is 1. The third-order valence-electron chi connectivity index (χ3n) is 5.12. The maximum atomic E-state index is 13.2. The third kappa shape index (κ3) is 4.54. The number of hydrogen-bond donors (Lipinski definition) is 1. The summed E-state index contributed by atoms with van der Waals surface area (Å²) in [6, 6.07) is 13.9. The summed E-state index contributed by atoms with van der Waals surface area (Å²) in [5.74, 6) is 1.29. The first-order chi connectivity index (χ1) is 13.1. The fraction of sp³-hybridized carbons (Fsp3) is 0.409. The molecule has 1 aliphatic rings. The normalized spacial score (nSPS) is 17.1. The molecule has 1 atom stereocenters. The van der Waals surface area contributed by atoms with E-state index >= 15 is 0 Å². The van der Waals surface area contributed by atoms with Crippen molar-refractivity contribution in [1.29, 1.82) is 0 Å². The van der Waals surface area contributed by atoms with E-state index in [2.05, 4.69) is 36.5 Å². The second-order valence-corrected chi connectivity index (χ2v) is 6.97. The van der Waals surface area contributed by atoms with Crippen LogP contribution in [-0.2, 0) is 0 Å². The lowest BCUT2D eigenvalue weighted by Crippen LogP contribution is -2.38. The van der Waals surface area contributed by atoms with E-state index in [-0.39, 0.29) is 12.1 Å². The minimum absolute atomic E-state index is 0.0877. The molecule has 2 amide bonds. The molecule has 0 saturated carbocycles. The van der Waals surface area contributed by atoms with Crippen molar-refractivity contribution in [2.45, 2.75) is 38.6 Å². The Labute approximate surface area is 161 Å². The zero-order chi connectivity index (χ0) is 19.2. The Balaban J connectivity index is 1.85. The monoisotopic (exact) mass is 368 g/mol. The van der Waals surface area contributed by atoms with Crippen molar-refractivity contribution in [2.75, 3.05) is 26.1 Å². The number of ether oxygens (including phenoxy) is 2. The van der Waals surface area contributed by atoms with E-state index in [0.29, 0.717) is 17.2 Å². The van der Waals surface area contributed by atoms with Gasteiger partial charge in [-0.15, -0.1) is 0 Å². The van der Waals surface area contributed by atoms with E-state index in [1.165, 1.54) is 11.1 Å². The van der Waals surface area contributed by atoms with Crippen LogP contribution < -0.4 is 14.8 Å². The number of carbonyl (C=O) groups is 1. The van der Waals surface area contributed by atoms with Gasteiger partial charge in [-0.2, -0.15) is 0 Å². The average Bonchev–Trinajstić information content (AvgIpc) is 2.94. The summed E-state index contributed by atoms with van der Waals surface area (Å²) in [5.41, 5.74) is 3.04. The van der Waals surface area contributed by atoms with Crippen LogP contribution in [0.1, 0.15) is 42.9 Å². The molecule has 5 heteroatoms. The molecule has 2 aromatic carbocycles. The van der Waals surface area contributed by atoms with Crippen LogP contribution >= 0.6 is 0 Å². The Hall–Kier alpha value is -2.69. The smallest absolute Gasteiger partial charge is 0.322 e. The highest BCUT2D eigenvalue weighted by Crippen LogP contribution is 2.33. The maximum Gasteiger partial charge on any atom is 0.322 e. The highest BCUT2D eigenvalue weighted by molar-refractivity contribution is 5.91. The molecule has 1 fully saturated rings. The first-order valence-corrected chi connectivity index (χ1v) is 9.48. The Bertz CT molecular complexity index is 774. The van der Waals surface area contributed by atoms with Crippen LogP contribution in [0.25, 0.3) is 0 Å². The largest absolute Gasteiger partial charge is 0.497 e. The van der Waals surface area contributed by atoms with E-state index in [9.17, 15) is 4.79 Å². The van der Waals surface area contributed by atoms with Gasteiger partial charge in [-0.25, -0.2) is 4.79 Å². The SMILES string of the molecule is COc1ccc(OC)c(NC(=O)N2CCCCCC2c2ccc(C)cc2)c1. The lowest BCUT2D eigenvalue weighted by Gasteiger charge is -2.31. The van der Waals surface area contributed by atoms with Crippen LogP contribution in [0.15, 0.2) is 42.5 Å². The number of nitrogens with zero attached hydrogens (tertiary/aromatic N) is 1. The molecule has 144 valence electrons. The van der Waals surface area contributed by atoms with Gasteiger partial charge in [0.05, 0.1) is 25.9 Å². The summed E-state index contributed by atoms with van der Waals surface area (Å²) < 4.78 is 10.7. The molecule has 3 rings (SSSR count). The lowest BCUT2D eigenvalue weighted by molar-refractivity contribution is 0.189. The van der Waals surface area contributed by atoms with Crippen molar-refractivity contribution in [1.82, 2.24) is 4.90 Å². The Morgan fingerprint density at radius 3 is 2.52 bits per heavy atom. The Kier molecular flexibility index (Phi) is 6.22. The molecular formula is C22H28N2O3. The van der Waals surface area contributed by atoms with Gasteiger partial charge in [0.1, 0.15) is 11.5 Å². The second kappa shape index (κ2) is 8.80. The predicted octanol–water partition coefficient (Wildman–Crippen LogP) is 5.16. The van der Waals surface area contributed by atoms with Gasteiger partial charge in [-0.3, -0.25) is 0 Å². The van der Waals surface area contributed by atoms with Gasteiger partial charge in [0, 0.05) is 12.6 Å². The Morgan fingerprint density at radius 1 is 1.04 bits per heavy atom. The van der Waals surface area contributed by atoms with Crippen molar-refractivity contribution < 1.29 is 14.3 Å². The fourth-order valence-electron chi connectivity index (χ4n) is 3.59. The molecule has 2 aromatic rings. The van der Waals surface area contributed by atoms with Crippen LogP contribution in [0.3, 0.4) is 0 Å². The maximum absolute atomic E-state index is 13.2. The van der Waals surface area contributed by atoms with Crippen LogP contribution in [0.4, 0.5) is 10.5 Å². The van der Waals surface area contributed by atoms with E-state index in [4.69, 9.17) is 9.47 Å². The van der Waals surface area contributed by atoms with Crippen LogP contribution in [0.2, 0.25) is 0 Å². The molecule has 0 spiro atoms. The van der Waals surface area contributed by atoms with Crippen molar-refractivity contribution in [2.24, 2.45) is 0 Å². The number of aryl methyl sites for hydroxylation is 1. The van der Waals surface area contributed by atoms with Gasteiger partial charge < -0.3 is 19.7 Å². The van der Waals surface area contributed by atoms with Gasteiger partial charge >= 0.3 is 6.03 Å². The third-order valence-corrected chi connectivity index (χ3v) is 5.12. The van der Waals surface area contributed by atoms with Crippen molar-refractivity contribution in [3.05, 3.63) is 53.6 Å². The van der Waals surface area contributed by atoms with E-state index in [0.717, 1.165) is 32.2 Å². The molecule has 0 bridgehead atoms. The first kappa shape index (κ1) is 19.1. The second-order valence-electron chi connectivity index (χ2n) is 6.97. The number of amides is 2. The molecule has 1 heterocycles. The Morgan fingerprint density at radius 2 is 1.81 bits per heavy atom. The standard InChI is InChI=1S/C22H28N2O3/c1-16-8-10-17(11-9-16)20-7-5-4-6-14-24(20)22(25)23-19-15-18(26-2)12-13-21(19)27-3/h8-13,15,20H,4-7,14H2,1-3H3,(H,23,25). The zero-order valence-corrected chi connectivity index (χ0v) is 16.3. The number of methoxy groups -OCH3 is 2. The molecule has 1 unspecified atom stereocenters. The van der Waals surface area contributed by atoms with Gasteiger partial charge in [0.15, 0.2) is 0 Å². The minimum Gasteiger partial charge on any atom is -0.497 e. The van der Waals surface area contributed by atoms with Gasteiger partial charge in [-0.05, 0) is 37.5 Å². The lowest BCUT2D eigenvalue weighted by atomic mass is 10.00. The molecule has 27 heavy (non-hydrogen) atoms. The molecule has 5 nitrogen and oxygen atoms in total. The summed E-state index contributed by atoms with van der Waals surface area (Å²) in [6.45, 7) is 2.83. The molecule has 1 saturated heterocycles. The minimum atomic E-state index is -0.103. The van der Waals surface area contributed by atoms with E-state index in [1.807, 2.05) is 11.0 Å². The summed E-state index contributed by atoms with van der Waals surface area (Å²) in [5, 5.41) is 3.03. The van der Waals surface area contributed by atoms with E-state index in [1.54, 1.807) is 26.4 Å². The number of likely N-dealkylation sites (tertiary alicyclic amines) is 1. The summed E-state index contributed by atoms with van der Waals surface area (Å²) >= 11 is 0. The highest BCUT2D eigenvalue weighted by atomic mass is 16.5. The number of rotatable bonds is 4. The van der Waals surface area contributed by atoms with Crippen LogP contribution in [0, 0.1) is 6.92 Å². The van der Waals surface area contributed by atoms with Crippen molar-refractivity contribution in [3.63, 3.8) is 0 Å².